The number of aromatic nitrogens is 1. The Morgan fingerprint density at radius 2 is 2.44 bits per heavy atom. The summed E-state index contributed by atoms with van der Waals surface area (Å²) in [5.41, 5.74) is 1.13. The molecule has 1 aromatic rings. The monoisotopic (exact) mass is 220 g/mol. The standard InChI is InChI=1S/C12H16N2O2/c1-2-16-12(15)6-10-8-14(9-10)11-4-3-5-13-7-11/h3-5,7,10H,2,6,8-9H2,1H3. The van der Waals surface area contributed by atoms with Gasteiger partial charge in [-0.15, -0.1) is 0 Å². The third kappa shape index (κ3) is 2.51. The van der Waals surface area contributed by atoms with Crippen molar-refractivity contribution in [2.45, 2.75) is 13.3 Å². The van der Waals surface area contributed by atoms with Crippen molar-refractivity contribution in [1.29, 1.82) is 0 Å². The summed E-state index contributed by atoms with van der Waals surface area (Å²) in [6.07, 6.45) is 4.14. The van der Waals surface area contributed by atoms with Gasteiger partial charge in [0.25, 0.3) is 0 Å². The van der Waals surface area contributed by atoms with Gasteiger partial charge in [-0.25, -0.2) is 0 Å². The van der Waals surface area contributed by atoms with E-state index in [1.54, 1.807) is 6.20 Å². The number of nitrogens with zero attached hydrogens (tertiary/aromatic N) is 2. The molecular weight excluding hydrogens is 204 g/mol. The summed E-state index contributed by atoms with van der Waals surface area (Å²) in [5.74, 6) is 0.345. The topological polar surface area (TPSA) is 42.4 Å². The van der Waals surface area contributed by atoms with Gasteiger partial charge < -0.3 is 9.64 Å². The third-order valence-corrected chi connectivity index (χ3v) is 2.73. The second-order valence-corrected chi connectivity index (χ2v) is 3.99. The van der Waals surface area contributed by atoms with Gasteiger partial charge in [0, 0.05) is 25.2 Å². The molecule has 0 aliphatic carbocycles. The molecule has 0 unspecified atom stereocenters. The van der Waals surface area contributed by atoms with Crippen LogP contribution in [0.5, 0.6) is 0 Å². The molecule has 4 nitrogen and oxygen atoms in total. The van der Waals surface area contributed by atoms with Crippen molar-refractivity contribution in [3.05, 3.63) is 24.5 Å². The Morgan fingerprint density at radius 1 is 1.62 bits per heavy atom. The molecular formula is C12H16N2O2. The lowest BCUT2D eigenvalue weighted by Gasteiger charge is -2.40. The first-order valence-electron chi connectivity index (χ1n) is 5.60. The first-order valence-corrected chi connectivity index (χ1v) is 5.60. The Morgan fingerprint density at radius 3 is 3.06 bits per heavy atom. The van der Waals surface area contributed by atoms with Crippen molar-refractivity contribution < 1.29 is 9.53 Å². The molecule has 2 heterocycles. The Labute approximate surface area is 95.2 Å². The van der Waals surface area contributed by atoms with Crippen LogP contribution >= 0.6 is 0 Å². The van der Waals surface area contributed by atoms with E-state index in [0.29, 0.717) is 18.9 Å². The van der Waals surface area contributed by atoms with Crippen LogP contribution in [0, 0.1) is 5.92 Å². The number of ether oxygens (including phenoxy) is 1. The van der Waals surface area contributed by atoms with E-state index in [-0.39, 0.29) is 5.97 Å². The highest BCUT2D eigenvalue weighted by atomic mass is 16.5. The lowest BCUT2D eigenvalue weighted by atomic mass is 9.96. The van der Waals surface area contributed by atoms with E-state index in [2.05, 4.69) is 9.88 Å². The molecule has 1 saturated heterocycles. The molecule has 0 radical (unpaired) electrons. The van der Waals surface area contributed by atoms with Gasteiger partial charge in [-0.3, -0.25) is 9.78 Å². The van der Waals surface area contributed by atoms with Crippen LogP contribution in [0.3, 0.4) is 0 Å². The Kier molecular flexibility index (Phi) is 3.39. The van der Waals surface area contributed by atoms with E-state index >= 15 is 0 Å². The molecule has 2 rings (SSSR count). The summed E-state index contributed by atoms with van der Waals surface area (Å²) in [6.45, 7) is 4.15. The molecule has 4 heteroatoms. The predicted molar refractivity (Wildman–Crippen MR) is 61.2 cm³/mol. The SMILES string of the molecule is CCOC(=O)CC1CN(c2cccnc2)C1. The first-order chi connectivity index (χ1) is 7.79. The molecule has 1 aliphatic heterocycles. The van der Waals surface area contributed by atoms with Gasteiger partial charge in [0.2, 0.25) is 0 Å². The number of anilines is 1. The third-order valence-electron chi connectivity index (χ3n) is 2.73. The van der Waals surface area contributed by atoms with Gasteiger partial charge in [0.15, 0.2) is 0 Å². The van der Waals surface area contributed by atoms with Crippen molar-refractivity contribution in [2.75, 3.05) is 24.6 Å². The lowest BCUT2D eigenvalue weighted by Crippen LogP contribution is -2.47. The zero-order valence-electron chi connectivity index (χ0n) is 9.43. The summed E-state index contributed by atoms with van der Waals surface area (Å²) in [6, 6.07) is 3.96. The highest BCUT2D eigenvalue weighted by molar-refractivity contribution is 5.70. The molecule has 86 valence electrons. The fraction of sp³-hybridized carbons (Fsp3) is 0.500. The predicted octanol–water partition coefficient (Wildman–Crippen LogP) is 1.47. The van der Waals surface area contributed by atoms with Crippen molar-refractivity contribution in [3.8, 4) is 0 Å². The van der Waals surface area contributed by atoms with Gasteiger partial charge in [-0.05, 0) is 19.1 Å². The maximum atomic E-state index is 11.2. The van der Waals surface area contributed by atoms with Crippen molar-refractivity contribution >= 4 is 11.7 Å². The summed E-state index contributed by atoms with van der Waals surface area (Å²) < 4.78 is 4.92. The Hall–Kier alpha value is -1.58. The van der Waals surface area contributed by atoms with Crippen LogP contribution in [0.4, 0.5) is 5.69 Å². The Bertz CT molecular complexity index is 347. The van der Waals surface area contributed by atoms with Crippen molar-refractivity contribution in [3.63, 3.8) is 0 Å². The number of rotatable bonds is 4. The van der Waals surface area contributed by atoms with Crippen LogP contribution in [0.15, 0.2) is 24.5 Å². The molecule has 0 saturated carbocycles. The number of hydrogen-bond donors (Lipinski definition) is 0. The van der Waals surface area contributed by atoms with Crippen LogP contribution in [0.1, 0.15) is 13.3 Å². The zero-order chi connectivity index (χ0) is 11.4. The van der Waals surface area contributed by atoms with Gasteiger partial charge in [-0.1, -0.05) is 0 Å². The van der Waals surface area contributed by atoms with Crippen LogP contribution < -0.4 is 4.90 Å². The van der Waals surface area contributed by atoms with Crippen molar-refractivity contribution in [1.82, 2.24) is 4.98 Å². The van der Waals surface area contributed by atoms with Crippen LogP contribution in [-0.4, -0.2) is 30.6 Å². The average Bonchev–Trinajstić information content (AvgIpc) is 2.24. The smallest absolute Gasteiger partial charge is 0.306 e. The largest absolute Gasteiger partial charge is 0.466 e. The van der Waals surface area contributed by atoms with Gasteiger partial charge in [-0.2, -0.15) is 0 Å². The molecule has 0 bridgehead atoms. The summed E-state index contributed by atoms with van der Waals surface area (Å²) in [7, 11) is 0. The maximum absolute atomic E-state index is 11.2. The van der Waals surface area contributed by atoms with Gasteiger partial charge in [0.05, 0.1) is 24.9 Å². The molecule has 16 heavy (non-hydrogen) atoms. The van der Waals surface area contributed by atoms with Gasteiger partial charge in [0.1, 0.15) is 0 Å². The first kappa shape index (κ1) is 10.9. The quantitative estimate of drug-likeness (QED) is 0.721. The van der Waals surface area contributed by atoms with E-state index in [1.807, 2.05) is 25.3 Å². The summed E-state index contributed by atoms with van der Waals surface area (Å²) in [4.78, 5) is 17.5. The van der Waals surface area contributed by atoms with Gasteiger partial charge >= 0.3 is 5.97 Å². The average molecular weight is 220 g/mol. The minimum Gasteiger partial charge on any atom is -0.466 e. The number of carbonyl (C=O) groups excluding carboxylic acids is 1. The van der Waals surface area contributed by atoms with E-state index in [0.717, 1.165) is 18.8 Å². The molecule has 0 atom stereocenters. The second kappa shape index (κ2) is 4.96. The summed E-state index contributed by atoms with van der Waals surface area (Å²) >= 11 is 0. The minimum absolute atomic E-state index is 0.0849. The molecule has 0 N–H and O–H groups in total. The van der Waals surface area contributed by atoms with Crippen LogP contribution in [0.2, 0.25) is 0 Å². The lowest BCUT2D eigenvalue weighted by molar-refractivity contribution is -0.144. The molecule has 1 aromatic heterocycles. The normalized spacial score (nSPS) is 15.7. The molecule has 1 aliphatic rings. The summed E-state index contributed by atoms with van der Waals surface area (Å²) in [5, 5.41) is 0. The van der Waals surface area contributed by atoms with E-state index in [4.69, 9.17) is 4.74 Å². The number of hydrogen-bond acceptors (Lipinski definition) is 4. The molecule has 0 amide bonds. The fourth-order valence-electron chi connectivity index (χ4n) is 1.91. The molecule has 1 fully saturated rings. The number of pyridine rings is 1. The highest BCUT2D eigenvalue weighted by Crippen LogP contribution is 2.25. The zero-order valence-corrected chi connectivity index (χ0v) is 9.43. The maximum Gasteiger partial charge on any atom is 0.306 e. The molecule has 0 aromatic carbocycles. The Balaban J connectivity index is 1.76. The highest BCUT2D eigenvalue weighted by Gasteiger charge is 2.29. The minimum atomic E-state index is -0.0849. The second-order valence-electron chi connectivity index (χ2n) is 3.99. The molecule has 0 spiro atoms. The van der Waals surface area contributed by atoms with E-state index in [9.17, 15) is 4.79 Å². The number of esters is 1. The number of carbonyl (C=O) groups is 1. The van der Waals surface area contributed by atoms with E-state index < -0.39 is 0 Å². The van der Waals surface area contributed by atoms with Crippen molar-refractivity contribution in [2.24, 2.45) is 5.92 Å². The van der Waals surface area contributed by atoms with Crippen LogP contribution in [-0.2, 0) is 9.53 Å². The van der Waals surface area contributed by atoms with E-state index in [1.165, 1.54) is 0 Å². The fourth-order valence-corrected chi connectivity index (χ4v) is 1.91. The van der Waals surface area contributed by atoms with Crippen LogP contribution in [0.25, 0.3) is 0 Å².